The number of aryl methyl sites for hydroxylation is 1. The van der Waals surface area contributed by atoms with Crippen LogP contribution >= 0.6 is 0 Å². The van der Waals surface area contributed by atoms with E-state index in [9.17, 15) is 0 Å². The van der Waals surface area contributed by atoms with Crippen LogP contribution in [0.5, 0.6) is 0 Å². The molecule has 0 spiro atoms. The van der Waals surface area contributed by atoms with E-state index in [0.29, 0.717) is 0 Å². The van der Waals surface area contributed by atoms with E-state index in [2.05, 4.69) is 22.4 Å². The lowest BCUT2D eigenvalue weighted by atomic mass is 10.1. The molecule has 1 heterocycles. The predicted octanol–water partition coefficient (Wildman–Crippen LogP) is 2.42. The molecule has 4 nitrogen and oxygen atoms in total. The normalized spacial score (nSPS) is 10.6. The number of hydrogen-bond acceptors (Lipinski definition) is 3. The molecule has 0 N–H and O–H groups in total. The van der Waals surface area contributed by atoms with E-state index in [-0.39, 0.29) is 0 Å². The summed E-state index contributed by atoms with van der Waals surface area (Å²) in [5.41, 5.74) is 0. The van der Waals surface area contributed by atoms with Crippen LogP contribution in [0.1, 0.15) is 51.9 Å². The van der Waals surface area contributed by atoms with Gasteiger partial charge in [-0.05, 0) is 16.8 Å². The number of aromatic nitrogens is 4. The van der Waals surface area contributed by atoms with Crippen LogP contribution < -0.4 is 0 Å². The van der Waals surface area contributed by atoms with Crippen LogP contribution in [0.3, 0.4) is 0 Å². The standard InChI is InChI=1S/C10H20N4/c1-2-3-4-5-6-7-8-9-14-10-11-12-13-14/h10H,2-9H2,1H3. The van der Waals surface area contributed by atoms with Gasteiger partial charge < -0.3 is 0 Å². The van der Waals surface area contributed by atoms with Crippen molar-refractivity contribution in [1.82, 2.24) is 20.2 Å². The van der Waals surface area contributed by atoms with Gasteiger partial charge in [0.05, 0.1) is 0 Å². The number of tetrazole rings is 1. The molecule has 0 aromatic carbocycles. The van der Waals surface area contributed by atoms with Crippen LogP contribution in [0.15, 0.2) is 6.33 Å². The van der Waals surface area contributed by atoms with Gasteiger partial charge in [-0.25, -0.2) is 4.68 Å². The van der Waals surface area contributed by atoms with Crippen molar-refractivity contribution in [1.29, 1.82) is 0 Å². The fourth-order valence-corrected chi connectivity index (χ4v) is 1.51. The van der Waals surface area contributed by atoms with E-state index < -0.39 is 0 Å². The third-order valence-electron chi connectivity index (χ3n) is 2.38. The zero-order valence-electron chi connectivity index (χ0n) is 9.02. The fourth-order valence-electron chi connectivity index (χ4n) is 1.51. The summed E-state index contributed by atoms with van der Waals surface area (Å²) < 4.78 is 1.80. The molecule has 0 atom stereocenters. The van der Waals surface area contributed by atoms with Crippen LogP contribution in [0.2, 0.25) is 0 Å². The van der Waals surface area contributed by atoms with E-state index in [0.717, 1.165) is 6.54 Å². The van der Waals surface area contributed by atoms with E-state index in [1.165, 1.54) is 44.9 Å². The number of unbranched alkanes of at least 4 members (excludes halogenated alkanes) is 6. The molecule has 0 unspecified atom stereocenters. The average Bonchev–Trinajstić information content (AvgIpc) is 2.69. The van der Waals surface area contributed by atoms with Crippen LogP contribution in [0.25, 0.3) is 0 Å². The Kier molecular flexibility index (Phi) is 5.95. The maximum Gasteiger partial charge on any atom is 0.138 e. The quantitative estimate of drug-likeness (QED) is 0.600. The summed E-state index contributed by atoms with van der Waals surface area (Å²) in [6.07, 6.45) is 11.0. The smallest absolute Gasteiger partial charge is 0.138 e. The number of rotatable bonds is 8. The van der Waals surface area contributed by atoms with Gasteiger partial charge in [-0.2, -0.15) is 0 Å². The minimum absolute atomic E-state index is 0.959. The van der Waals surface area contributed by atoms with E-state index >= 15 is 0 Å². The lowest BCUT2D eigenvalue weighted by Crippen LogP contribution is -1.98. The molecule has 0 aliphatic heterocycles. The molecule has 0 fully saturated rings. The predicted molar refractivity (Wildman–Crippen MR) is 55.8 cm³/mol. The zero-order chi connectivity index (χ0) is 10.1. The molecule has 80 valence electrons. The molecule has 0 saturated heterocycles. The molecule has 1 rings (SSSR count). The molecule has 0 aliphatic rings. The average molecular weight is 196 g/mol. The lowest BCUT2D eigenvalue weighted by molar-refractivity contribution is 0.513. The second-order valence-electron chi connectivity index (χ2n) is 3.69. The Morgan fingerprint density at radius 2 is 1.71 bits per heavy atom. The van der Waals surface area contributed by atoms with Gasteiger partial charge in [0.2, 0.25) is 0 Å². The van der Waals surface area contributed by atoms with Crippen molar-refractivity contribution in [2.75, 3.05) is 0 Å². The molecule has 0 saturated carbocycles. The Balaban J connectivity index is 1.85. The minimum Gasteiger partial charge on any atom is -0.233 e. The molecule has 4 heteroatoms. The first-order valence-corrected chi connectivity index (χ1v) is 5.64. The summed E-state index contributed by atoms with van der Waals surface area (Å²) >= 11 is 0. The molecule has 1 aromatic heterocycles. The van der Waals surface area contributed by atoms with Crippen LogP contribution in [0, 0.1) is 0 Å². The molecule has 0 radical (unpaired) electrons. The Hall–Kier alpha value is -0.930. The summed E-state index contributed by atoms with van der Waals surface area (Å²) in [7, 11) is 0. The topological polar surface area (TPSA) is 43.6 Å². The second-order valence-corrected chi connectivity index (χ2v) is 3.69. The maximum atomic E-state index is 3.82. The zero-order valence-corrected chi connectivity index (χ0v) is 9.02. The van der Waals surface area contributed by atoms with Crippen LogP contribution in [-0.4, -0.2) is 20.2 Å². The van der Waals surface area contributed by atoms with Gasteiger partial charge in [-0.15, -0.1) is 5.10 Å². The van der Waals surface area contributed by atoms with E-state index in [1.807, 2.05) is 0 Å². The van der Waals surface area contributed by atoms with Gasteiger partial charge in [0.1, 0.15) is 6.33 Å². The molecule has 1 aromatic rings. The van der Waals surface area contributed by atoms with Gasteiger partial charge in [0.15, 0.2) is 0 Å². The van der Waals surface area contributed by atoms with Gasteiger partial charge in [0.25, 0.3) is 0 Å². The molecular formula is C10H20N4. The Morgan fingerprint density at radius 3 is 2.36 bits per heavy atom. The fraction of sp³-hybridized carbons (Fsp3) is 0.900. The highest BCUT2D eigenvalue weighted by atomic mass is 15.5. The van der Waals surface area contributed by atoms with E-state index in [4.69, 9.17) is 0 Å². The van der Waals surface area contributed by atoms with Crippen molar-refractivity contribution in [3.05, 3.63) is 6.33 Å². The van der Waals surface area contributed by atoms with Crippen molar-refractivity contribution in [2.45, 2.75) is 58.4 Å². The summed E-state index contributed by atoms with van der Waals surface area (Å²) in [4.78, 5) is 0. The second kappa shape index (κ2) is 7.47. The Morgan fingerprint density at radius 1 is 1.00 bits per heavy atom. The highest BCUT2D eigenvalue weighted by Gasteiger charge is 1.93. The third kappa shape index (κ3) is 4.94. The van der Waals surface area contributed by atoms with Crippen molar-refractivity contribution in [2.24, 2.45) is 0 Å². The first-order chi connectivity index (χ1) is 6.93. The lowest BCUT2D eigenvalue weighted by Gasteiger charge is -2.00. The van der Waals surface area contributed by atoms with Crippen molar-refractivity contribution >= 4 is 0 Å². The van der Waals surface area contributed by atoms with Crippen molar-refractivity contribution in [3.63, 3.8) is 0 Å². The first-order valence-electron chi connectivity index (χ1n) is 5.64. The van der Waals surface area contributed by atoms with Crippen molar-refractivity contribution in [3.8, 4) is 0 Å². The largest absolute Gasteiger partial charge is 0.233 e. The van der Waals surface area contributed by atoms with Crippen LogP contribution in [-0.2, 0) is 6.54 Å². The SMILES string of the molecule is CCCCCCCCCn1cnnn1. The van der Waals surface area contributed by atoms with E-state index in [1.54, 1.807) is 11.0 Å². The molecule has 0 aliphatic carbocycles. The highest BCUT2D eigenvalue weighted by molar-refractivity contribution is 4.49. The number of hydrogen-bond donors (Lipinski definition) is 0. The molecule has 0 bridgehead atoms. The number of nitrogens with zero attached hydrogens (tertiary/aromatic N) is 4. The van der Waals surface area contributed by atoms with Gasteiger partial charge in [-0.1, -0.05) is 45.4 Å². The van der Waals surface area contributed by atoms with Gasteiger partial charge in [0, 0.05) is 6.54 Å². The summed E-state index contributed by atoms with van der Waals surface area (Å²) in [6, 6.07) is 0. The highest BCUT2D eigenvalue weighted by Crippen LogP contribution is 2.07. The third-order valence-corrected chi connectivity index (χ3v) is 2.38. The Labute approximate surface area is 85.7 Å². The summed E-state index contributed by atoms with van der Waals surface area (Å²) in [5, 5.41) is 11.0. The van der Waals surface area contributed by atoms with Gasteiger partial charge in [-0.3, -0.25) is 0 Å². The summed E-state index contributed by atoms with van der Waals surface area (Å²) in [5.74, 6) is 0. The van der Waals surface area contributed by atoms with Gasteiger partial charge >= 0.3 is 0 Å². The summed E-state index contributed by atoms with van der Waals surface area (Å²) in [6.45, 7) is 3.21. The molecule has 14 heavy (non-hydrogen) atoms. The maximum absolute atomic E-state index is 3.82. The van der Waals surface area contributed by atoms with Crippen LogP contribution in [0.4, 0.5) is 0 Å². The first kappa shape index (κ1) is 11.1. The minimum atomic E-state index is 0.959. The molecule has 0 amide bonds. The monoisotopic (exact) mass is 196 g/mol. The van der Waals surface area contributed by atoms with Crippen molar-refractivity contribution < 1.29 is 0 Å². The Bertz CT molecular complexity index is 208. The molecular weight excluding hydrogens is 176 g/mol.